The molecule has 3 heterocycles. The summed E-state index contributed by atoms with van der Waals surface area (Å²) >= 11 is 0. The molecule has 1 aliphatic heterocycles. The average molecular weight is 1070 g/mol. The van der Waals surface area contributed by atoms with E-state index in [1.807, 2.05) is 61.0 Å². The number of likely N-dealkylation sites (N-methyl/N-ethyl adjacent to an activating group) is 1. The number of hydrogen-bond donors (Lipinski definition) is 6. The number of nitrogens with two attached hydrogens (primary N) is 1. The quantitative estimate of drug-likeness (QED) is 0.00378. The minimum atomic E-state index is -1.52. The average Bonchev–Trinajstić information content (AvgIpc) is 3.80. The topological polar surface area (TPSA) is 214 Å². The Labute approximate surface area is 455 Å². The molecule has 0 spiro atoms. The number of rotatable bonds is 33. The molecule has 77 heavy (non-hydrogen) atoms. The van der Waals surface area contributed by atoms with Gasteiger partial charge in [0.05, 0.1) is 80.9 Å². The number of benzene rings is 2. The lowest BCUT2D eigenvalue weighted by Gasteiger charge is -2.15. The van der Waals surface area contributed by atoms with Crippen LogP contribution in [-0.4, -0.2) is 143 Å². The smallest absolute Gasteiger partial charge is 0.257 e. The van der Waals surface area contributed by atoms with Crippen molar-refractivity contribution >= 4 is 47.0 Å². The summed E-state index contributed by atoms with van der Waals surface area (Å²) < 4.78 is 34.2. The molecule has 0 fully saturated rings. The summed E-state index contributed by atoms with van der Waals surface area (Å²) in [6.45, 7) is 25.7. The summed E-state index contributed by atoms with van der Waals surface area (Å²) in [5.74, 6) is -0.704. The Morgan fingerprint density at radius 3 is 2.31 bits per heavy atom. The van der Waals surface area contributed by atoms with E-state index in [1.165, 1.54) is 38.6 Å². The molecule has 0 bridgehead atoms. The van der Waals surface area contributed by atoms with E-state index in [4.69, 9.17) is 24.9 Å². The van der Waals surface area contributed by atoms with Crippen LogP contribution in [0.1, 0.15) is 74.3 Å². The third kappa shape index (κ3) is 23.5. The molecular formula is C59H85FN9O8+. The molecule has 1 atom stereocenters. The number of fused-ring (bicyclic) bond motifs is 4. The van der Waals surface area contributed by atoms with Crippen LogP contribution in [0.2, 0.25) is 0 Å². The molecule has 1 unspecified atom stereocenters. The first-order chi connectivity index (χ1) is 37.2. The van der Waals surface area contributed by atoms with Gasteiger partial charge in [-0.1, -0.05) is 70.0 Å². The monoisotopic (exact) mass is 1070 g/mol. The number of aliphatic hydroxyl groups excluding tert-OH is 1. The number of para-hydroxylation sites is 1. The van der Waals surface area contributed by atoms with Crippen LogP contribution in [-0.2, 0) is 48.2 Å². The van der Waals surface area contributed by atoms with Gasteiger partial charge in [0.15, 0.2) is 19.0 Å². The highest BCUT2D eigenvalue weighted by atomic mass is 19.1. The summed E-state index contributed by atoms with van der Waals surface area (Å²) in [6, 6.07) is 14.2. The summed E-state index contributed by atoms with van der Waals surface area (Å²) in [5, 5.41) is 23.5. The third-order valence-corrected chi connectivity index (χ3v) is 11.5. The molecule has 420 valence electrons. The number of pyridine rings is 2. The molecular weight excluding hydrogens is 982 g/mol. The van der Waals surface area contributed by atoms with Crippen LogP contribution >= 0.6 is 0 Å². The number of halogens is 1. The number of nitrogen functional groups attached to an aromatic ring is 1. The van der Waals surface area contributed by atoms with E-state index >= 15 is 0 Å². The number of carbonyl (C=O) groups excluding carboxylic acids is 3. The van der Waals surface area contributed by atoms with Crippen molar-refractivity contribution in [3.63, 3.8) is 0 Å². The number of nitrogens with zero attached hydrogens (tertiary/aromatic N) is 4. The maximum atomic E-state index is 14.7. The number of aromatic nitrogens is 2. The molecule has 1 amide bonds. The predicted octanol–water partition coefficient (Wildman–Crippen LogP) is 6.70. The number of carbonyl (C=O) groups is 3. The Kier molecular flexibility index (Phi) is 33.2. The van der Waals surface area contributed by atoms with Crippen molar-refractivity contribution in [1.82, 2.24) is 35.7 Å². The Balaban J connectivity index is 0.000000703. The number of unbranched alkanes of at least 4 members (excludes halogenated alkanes) is 2. The molecule has 2 aromatic heterocycles. The van der Waals surface area contributed by atoms with Crippen molar-refractivity contribution in [2.75, 3.05) is 99.7 Å². The van der Waals surface area contributed by atoms with Crippen LogP contribution in [0.15, 0.2) is 115 Å². The van der Waals surface area contributed by atoms with Crippen molar-refractivity contribution in [3.05, 3.63) is 149 Å². The lowest BCUT2D eigenvalue weighted by molar-refractivity contribution is -0.427. The zero-order chi connectivity index (χ0) is 57.0. The van der Waals surface area contributed by atoms with E-state index < -0.39 is 17.5 Å². The number of ether oxygens (including phenoxy) is 3. The van der Waals surface area contributed by atoms with Gasteiger partial charge in [0, 0.05) is 66.2 Å². The predicted molar refractivity (Wildman–Crippen MR) is 309 cm³/mol. The van der Waals surface area contributed by atoms with Gasteiger partial charge < -0.3 is 60.6 Å². The van der Waals surface area contributed by atoms with Gasteiger partial charge in [-0.3, -0.25) is 14.4 Å². The standard InChI is InChI=1S/C39H45FN8O5.C13H27NO2.C5H6O.C2H6/c1-24(18-45-25(2)20-47(26-9-6-5-7-10-26)14-13-44-37(51)19-42-3)43-12-8-11-27-28-15-33(41)32(40)17-34(28)46-38-30(27)21-48-35(38)16-29(36(50)22-49)31(23-53-4)39(48)52;1-4-5-10-15-12-13-16-11-8-6-7-9-14(2)3;1-2-3-4-5-6;1-2/h5-7,9-10,14-17,22,36,42-43,45,50H,1-2,8,11-13,18-21,23H2,3-4H3,(H2-,41,44,51,52);4H,1,5-13H2,2-3H3;2-5H,1H2;1-2H3/p+1/b;;4-3-;. The highest BCUT2D eigenvalue weighted by molar-refractivity contribution is 5.90. The molecule has 17 nitrogen and oxygen atoms in total. The van der Waals surface area contributed by atoms with Crippen LogP contribution in [0.3, 0.4) is 0 Å². The minimum Gasteiger partial charge on any atom is -0.396 e. The van der Waals surface area contributed by atoms with Gasteiger partial charge in [-0.15, -0.1) is 6.58 Å². The van der Waals surface area contributed by atoms with Gasteiger partial charge >= 0.3 is 0 Å². The molecule has 0 saturated carbocycles. The van der Waals surface area contributed by atoms with Crippen LogP contribution in [0.5, 0.6) is 0 Å². The lowest BCUT2D eigenvalue weighted by Crippen LogP contribution is -2.34. The second kappa shape index (κ2) is 38.6. The van der Waals surface area contributed by atoms with E-state index in [0.29, 0.717) is 87.1 Å². The van der Waals surface area contributed by atoms with E-state index in [1.54, 1.807) is 35.9 Å². The largest absolute Gasteiger partial charge is 0.396 e. The maximum absolute atomic E-state index is 14.7. The fourth-order valence-corrected chi connectivity index (χ4v) is 7.80. The molecule has 1 aliphatic rings. The Bertz CT molecular complexity index is 2610. The molecule has 4 aromatic rings. The van der Waals surface area contributed by atoms with Crippen molar-refractivity contribution in [2.24, 2.45) is 0 Å². The first kappa shape index (κ1) is 66.2. The van der Waals surface area contributed by atoms with Crippen molar-refractivity contribution in [1.29, 1.82) is 0 Å². The molecule has 5 rings (SSSR count). The number of nitrogens with one attached hydrogen (secondary N) is 4. The number of aryl methyl sites for hydroxylation is 1. The molecule has 18 heteroatoms. The fraction of sp³-hybridized carbons (Fsp3) is 0.424. The van der Waals surface area contributed by atoms with Crippen LogP contribution < -0.4 is 32.6 Å². The van der Waals surface area contributed by atoms with Gasteiger partial charge in [0.25, 0.3) is 5.56 Å². The number of hydrogen-bond acceptors (Lipinski definition) is 14. The zero-order valence-corrected chi connectivity index (χ0v) is 46.3. The minimum absolute atomic E-state index is 0.00766. The van der Waals surface area contributed by atoms with Crippen LogP contribution in [0, 0.1) is 5.82 Å². The first-order valence-corrected chi connectivity index (χ1v) is 26.1. The van der Waals surface area contributed by atoms with Gasteiger partial charge in [0.1, 0.15) is 18.2 Å². The fourth-order valence-electron chi connectivity index (χ4n) is 7.80. The van der Waals surface area contributed by atoms with E-state index in [0.717, 1.165) is 54.3 Å². The number of methoxy groups -OCH3 is 1. The van der Waals surface area contributed by atoms with Crippen molar-refractivity contribution in [2.45, 2.75) is 71.6 Å². The second-order valence-electron chi connectivity index (χ2n) is 17.7. The molecule has 7 N–H and O–H groups in total. The zero-order valence-electron chi connectivity index (χ0n) is 46.3. The molecule has 0 radical (unpaired) electrons. The summed E-state index contributed by atoms with van der Waals surface area (Å²) in [4.78, 5) is 53.5. The van der Waals surface area contributed by atoms with E-state index in [-0.39, 0.29) is 42.4 Å². The normalized spacial score (nSPS) is 11.7. The number of aldehydes is 2. The van der Waals surface area contributed by atoms with Gasteiger partial charge in [-0.25, -0.2) is 9.37 Å². The Morgan fingerprint density at radius 1 is 0.948 bits per heavy atom. The van der Waals surface area contributed by atoms with Crippen molar-refractivity contribution in [3.8, 4) is 11.4 Å². The second-order valence-corrected chi connectivity index (χ2v) is 17.7. The Morgan fingerprint density at radius 2 is 1.68 bits per heavy atom. The van der Waals surface area contributed by atoms with Gasteiger partial charge in [-0.05, 0) is 90.0 Å². The van der Waals surface area contributed by atoms with E-state index in [9.17, 15) is 28.7 Å². The SMILES string of the molecule is C=C(CNC(=C)C[N+](=CCNC(=O)CNC)c1ccccc1)NCCCc1c2c(nc3cc(F)c(N)cc13)-c1cc(C(O)C=O)c(COC)c(=O)n1C2.C=C/C=C\C=O.C=CCCOCCOCCCCCN(C)C.CC. The highest BCUT2D eigenvalue weighted by Gasteiger charge is 2.30. The van der Waals surface area contributed by atoms with Gasteiger partial charge in [0.2, 0.25) is 11.6 Å². The third-order valence-electron chi connectivity index (χ3n) is 11.5. The highest BCUT2D eigenvalue weighted by Crippen LogP contribution is 2.38. The van der Waals surface area contributed by atoms with E-state index in [2.05, 4.69) is 66.6 Å². The number of allylic oxidation sites excluding steroid dienone is 3. The number of amides is 1. The van der Waals surface area contributed by atoms with Crippen LogP contribution in [0.25, 0.3) is 22.3 Å². The molecule has 0 saturated heterocycles. The molecule has 2 aromatic carbocycles. The van der Waals surface area contributed by atoms with Crippen LogP contribution in [0.4, 0.5) is 15.8 Å². The maximum Gasteiger partial charge on any atom is 0.257 e. The molecule has 0 aliphatic carbocycles. The summed E-state index contributed by atoms with van der Waals surface area (Å²) in [6.07, 6.45) is 13.6. The number of anilines is 1. The number of aliphatic hydroxyl groups is 1. The lowest BCUT2D eigenvalue weighted by atomic mass is 9.96. The first-order valence-electron chi connectivity index (χ1n) is 26.1. The Hall–Kier alpha value is -6.93. The van der Waals surface area contributed by atoms with Crippen molar-refractivity contribution < 1.29 is 42.7 Å². The van der Waals surface area contributed by atoms with Gasteiger partial charge in [-0.2, -0.15) is 4.58 Å². The summed E-state index contributed by atoms with van der Waals surface area (Å²) in [5.41, 5.74) is 11.4. The summed E-state index contributed by atoms with van der Waals surface area (Å²) in [7, 11) is 7.37.